The maximum Gasteiger partial charge on any atom is 0.264 e. The summed E-state index contributed by atoms with van der Waals surface area (Å²) in [5.41, 5.74) is 6.57. The van der Waals surface area contributed by atoms with Crippen LogP contribution in [0.4, 0.5) is 5.69 Å². The summed E-state index contributed by atoms with van der Waals surface area (Å²) in [5, 5.41) is 0. The van der Waals surface area contributed by atoms with Crippen LogP contribution in [-0.2, 0) is 10.0 Å². The van der Waals surface area contributed by atoms with E-state index in [1.54, 1.807) is 36.2 Å². The van der Waals surface area contributed by atoms with E-state index in [2.05, 4.69) is 0 Å². The highest BCUT2D eigenvalue weighted by Gasteiger charge is 2.22. The Hall–Kier alpha value is -2.38. The van der Waals surface area contributed by atoms with E-state index >= 15 is 0 Å². The minimum atomic E-state index is -3.69. The van der Waals surface area contributed by atoms with Crippen molar-refractivity contribution in [1.82, 2.24) is 4.90 Å². The molecule has 0 aliphatic heterocycles. The maximum atomic E-state index is 12.7. The third-order valence-electron chi connectivity index (χ3n) is 4.20. The van der Waals surface area contributed by atoms with E-state index in [1.165, 1.54) is 35.6 Å². The van der Waals surface area contributed by atoms with E-state index in [1.807, 2.05) is 13.0 Å². The molecule has 0 fully saturated rings. The Morgan fingerprint density at radius 3 is 2.12 bits per heavy atom. The molecule has 2 rings (SSSR count). The minimum Gasteiger partial charge on any atom is -0.338 e. The van der Waals surface area contributed by atoms with Gasteiger partial charge >= 0.3 is 0 Å². The van der Waals surface area contributed by atoms with Crippen molar-refractivity contribution in [2.75, 3.05) is 24.9 Å². The summed E-state index contributed by atoms with van der Waals surface area (Å²) in [7, 11) is -0.513. The summed E-state index contributed by atoms with van der Waals surface area (Å²) in [6.07, 6.45) is 0. The zero-order chi connectivity index (χ0) is 18.6. The fraction of sp³-hybridized carbons (Fsp3) is 0.278. The molecule has 0 radical (unpaired) electrons. The van der Waals surface area contributed by atoms with Gasteiger partial charge in [-0.3, -0.25) is 9.10 Å². The fourth-order valence-electron chi connectivity index (χ4n) is 2.27. The van der Waals surface area contributed by atoms with Crippen LogP contribution in [0.3, 0.4) is 0 Å². The number of para-hydroxylation sites is 1. The minimum absolute atomic E-state index is 0.0971. The number of carbonyl (C=O) groups is 1. The molecule has 2 aromatic carbocycles. The summed E-state index contributed by atoms with van der Waals surface area (Å²) in [6.45, 7) is 2.21. The molecule has 0 spiro atoms. The number of nitrogens with two attached hydrogens (primary N) is 1. The molecular weight excluding hydrogens is 338 g/mol. The largest absolute Gasteiger partial charge is 0.338 e. The number of amides is 1. The normalized spacial score (nSPS) is 12.5. The van der Waals surface area contributed by atoms with Gasteiger partial charge in [0.1, 0.15) is 0 Å². The van der Waals surface area contributed by atoms with Gasteiger partial charge in [-0.25, -0.2) is 8.42 Å². The highest BCUT2D eigenvalue weighted by molar-refractivity contribution is 7.92. The average Bonchev–Trinajstić information content (AvgIpc) is 2.66. The molecule has 0 saturated carbocycles. The molecule has 1 unspecified atom stereocenters. The van der Waals surface area contributed by atoms with Crippen LogP contribution in [0.5, 0.6) is 0 Å². The maximum absolute atomic E-state index is 12.7. The SMILES string of the molecule is CC(CN)N(C)C(=O)c1ccc(S(=O)(=O)N(C)c2ccccc2)cc1. The van der Waals surface area contributed by atoms with Crippen LogP contribution in [0.25, 0.3) is 0 Å². The highest BCUT2D eigenvalue weighted by atomic mass is 32.2. The molecule has 6 nitrogen and oxygen atoms in total. The number of carbonyl (C=O) groups excluding carboxylic acids is 1. The monoisotopic (exact) mass is 361 g/mol. The van der Waals surface area contributed by atoms with Gasteiger partial charge in [-0.05, 0) is 43.3 Å². The van der Waals surface area contributed by atoms with Gasteiger partial charge in [0, 0.05) is 32.2 Å². The third-order valence-corrected chi connectivity index (χ3v) is 6.00. The molecule has 0 aliphatic carbocycles. The Bertz CT molecular complexity index is 820. The smallest absolute Gasteiger partial charge is 0.264 e. The predicted molar refractivity (Wildman–Crippen MR) is 99.1 cm³/mol. The molecule has 1 amide bonds. The first kappa shape index (κ1) is 19.0. The molecule has 0 aliphatic rings. The van der Waals surface area contributed by atoms with Crippen molar-refractivity contribution in [2.45, 2.75) is 17.9 Å². The van der Waals surface area contributed by atoms with Gasteiger partial charge in [0.15, 0.2) is 0 Å². The molecule has 0 aromatic heterocycles. The number of benzene rings is 2. The van der Waals surface area contributed by atoms with Crippen molar-refractivity contribution < 1.29 is 13.2 Å². The average molecular weight is 361 g/mol. The Kier molecular flexibility index (Phi) is 5.81. The number of hydrogen-bond acceptors (Lipinski definition) is 4. The van der Waals surface area contributed by atoms with E-state index < -0.39 is 10.0 Å². The summed E-state index contributed by atoms with van der Waals surface area (Å²) in [4.78, 5) is 14.0. The Balaban J connectivity index is 2.26. The lowest BCUT2D eigenvalue weighted by molar-refractivity contribution is 0.0748. The molecule has 1 atom stereocenters. The second-order valence-electron chi connectivity index (χ2n) is 5.83. The van der Waals surface area contributed by atoms with Crippen molar-refractivity contribution >= 4 is 21.6 Å². The number of nitrogens with zero attached hydrogens (tertiary/aromatic N) is 2. The van der Waals surface area contributed by atoms with E-state index in [9.17, 15) is 13.2 Å². The highest BCUT2D eigenvalue weighted by Crippen LogP contribution is 2.22. The number of sulfonamides is 1. The Morgan fingerprint density at radius 2 is 1.60 bits per heavy atom. The van der Waals surface area contributed by atoms with Crippen LogP contribution < -0.4 is 10.0 Å². The van der Waals surface area contributed by atoms with E-state index in [4.69, 9.17) is 5.73 Å². The second kappa shape index (κ2) is 7.67. The van der Waals surface area contributed by atoms with Gasteiger partial charge in [0.2, 0.25) is 0 Å². The molecule has 0 heterocycles. The van der Waals surface area contributed by atoms with Gasteiger partial charge in [-0.1, -0.05) is 18.2 Å². The van der Waals surface area contributed by atoms with Gasteiger partial charge in [0.25, 0.3) is 15.9 Å². The second-order valence-corrected chi connectivity index (χ2v) is 7.80. The molecule has 7 heteroatoms. The quantitative estimate of drug-likeness (QED) is 0.852. The number of likely N-dealkylation sites (N-methyl/N-ethyl adjacent to an activating group) is 1. The van der Waals surface area contributed by atoms with Gasteiger partial charge in [-0.2, -0.15) is 0 Å². The lowest BCUT2D eigenvalue weighted by Crippen LogP contribution is -2.39. The molecule has 0 bridgehead atoms. The van der Waals surface area contributed by atoms with Crippen LogP contribution in [0.15, 0.2) is 59.5 Å². The Labute approximate surface area is 148 Å². The van der Waals surface area contributed by atoms with Crippen molar-refractivity contribution in [3.8, 4) is 0 Å². The van der Waals surface area contributed by atoms with E-state index in [-0.39, 0.29) is 16.8 Å². The zero-order valence-electron chi connectivity index (χ0n) is 14.6. The molecule has 134 valence electrons. The van der Waals surface area contributed by atoms with Crippen molar-refractivity contribution in [3.63, 3.8) is 0 Å². The molecule has 0 saturated heterocycles. The van der Waals surface area contributed by atoms with Crippen molar-refractivity contribution in [1.29, 1.82) is 0 Å². The first-order valence-electron chi connectivity index (χ1n) is 7.90. The van der Waals surface area contributed by atoms with E-state index in [0.717, 1.165) is 0 Å². The number of hydrogen-bond donors (Lipinski definition) is 1. The van der Waals surface area contributed by atoms with E-state index in [0.29, 0.717) is 17.8 Å². The lowest BCUT2D eigenvalue weighted by Gasteiger charge is -2.24. The molecular formula is C18H23N3O3S. The van der Waals surface area contributed by atoms with Crippen LogP contribution >= 0.6 is 0 Å². The summed E-state index contributed by atoms with van der Waals surface area (Å²) >= 11 is 0. The molecule has 2 N–H and O–H groups in total. The summed E-state index contributed by atoms with van der Waals surface area (Å²) in [5.74, 6) is -0.196. The van der Waals surface area contributed by atoms with Gasteiger partial charge < -0.3 is 10.6 Å². The third kappa shape index (κ3) is 4.00. The number of anilines is 1. The lowest BCUT2D eigenvalue weighted by atomic mass is 10.2. The summed E-state index contributed by atoms with van der Waals surface area (Å²) in [6, 6.07) is 14.7. The summed E-state index contributed by atoms with van der Waals surface area (Å²) < 4.78 is 26.6. The van der Waals surface area contributed by atoms with Gasteiger partial charge in [0.05, 0.1) is 10.6 Å². The Morgan fingerprint density at radius 1 is 1.04 bits per heavy atom. The van der Waals surface area contributed by atoms with Crippen LogP contribution in [0.1, 0.15) is 17.3 Å². The van der Waals surface area contributed by atoms with Crippen LogP contribution in [0.2, 0.25) is 0 Å². The van der Waals surface area contributed by atoms with Crippen molar-refractivity contribution in [3.05, 3.63) is 60.2 Å². The van der Waals surface area contributed by atoms with Crippen LogP contribution in [0, 0.1) is 0 Å². The van der Waals surface area contributed by atoms with Crippen molar-refractivity contribution in [2.24, 2.45) is 5.73 Å². The van der Waals surface area contributed by atoms with Crippen LogP contribution in [-0.4, -0.2) is 45.9 Å². The zero-order valence-corrected chi connectivity index (χ0v) is 15.4. The first-order chi connectivity index (χ1) is 11.8. The fourth-order valence-corrected chi connectivity index (χ4v) is 3.46. The predicted octanol–water partition coefficient (Wildman–Crippen LogP) is 1.93. The number of rotatable bonds is 6. The molecule has 25 heavy (non-hydrogen) atoms. The topological polar surface area (TPSA) is 83.7 Å². The first-order valence-corrected chi connectivity index (χ1v) is 9.34. The van der Waals surface area contributed by atoms with Gasteiger partial charge in [-0.15, -0.1) is 0 Å². The molecule has 2 aromatic rings. The standard InChI is InChI=1S/C18H23N3O3S/c1-14(13-19)20(2)18(22)15-9-11-17(12-10-15)25(23,24)21(3)16-7-5-4-6-8-16/h4-12,14H,13,19H2,1-3H3.